The molecule has 0 saturated heterocycles. The highest BCUT2D eigenvalue weighted by atomic mass is 32.2. The van der Waals surface area contributed by atoms with E-state index in [1.165, 1.54) is 23.5 Å². The Balaban J connectivity index is 5.37. The monoisotopic (exact) mass is 564 g/mol. The van der Waals surface area contributed by atoms with Crippen LogP contribution in [0.4, 0.5) is 0 Å². The minimum absolute atomic E-state index is 0.0475. The summed E-state index contributed by atoms with van der Waals surface area (Å²) in [4.78, 5) is 54.1. The topological polar surface area (TPSA) is 241 Å². The van der Waals surface area contributed by atoms with Crippen molar-refractivity contribution in [3.05, 3.63) is 0 Å². The number of aliphatic carboxylic acids is 1. The number of nitrogens with two attached hydrogens (primary N) is 4. The maximum absolute atomic E-state index is 13.2. The first kappa shape index (κ1) is 34.8. The number of guanidine groups is 1. The normalized spacial score (nSPS) is 14.1. The van der Waals surface area contributed by atoms with Gasteiger partial charge in [-0.1, -0.05) is 0 Å². The fraction of sp³-hybridized carbons (Fsp3) is 0.773. The zero-order chi connectivity index (χ0) is 28.2. The Hall–Kier alpha value is -2.23. The number of hydrogen-bond donors (Lipinski definition) is 8. The van der Waals surface area contributed by atoms with Gasteiger partial charge in [-0.25, -0.2) is 4.79 Å². The fourth-order valence-corrected chi connectivity index (χ4v) is 4.18. The first-order valence-corrected chi connectivity index (χ1v) is 15.0. The molecule has 3 amide bonds. The number of nitrogens with zero attached hydrogens (tertiary/aromatic N) is 1. The van der Waals surface area contributed by atoms with Crippen LogP contribution in [-0.4, -0.2) is 96.0 Å². The molecule has 37 heavy (non-hydrogen) atoms. The number of amides is 3. The molecule has 0 aliphatic rings. The minimum atomic E-state index is -1.14. The Labute approximate surface area is 227 Å². The van der Waals surface area contributed by atoms with Gasteiger partial charge in [-0.2, -0.15) is 23.5 Å². The number of rotatable bonds is 21. The van der Waals surface area contributed by atoms with E-state index in [0.29, 0.717) is 63.1 Å². The molecule has 0 bridgehead atoms. The van der Waals surface area contributed by atoms with Gasteiger partial charge in [0.15, 0.2) is 5.96 Å². The molecule has 15 heteroatoms. The van der Waals surface area contributed by atoms with Crippen molar-refractivity contribution in [2.45, 2.75) is 69.1 Å². The number of aliphatic imine (C=N–C) groups is 1. The van der Waals surface area contributed by atoms with E-state index in [-0.39, 0.29) is 12.4 Å². The largest absolute Gasteiger partial charge is 0.480 e. The second-order valence-electron chi connectivity index (χ2n) is 8.42. The zero-order valence-electron chi connectivity index (χ0n) is 21.7. The molecule has 214 valence electrons. The molecule has 0 aliphatic carbocycles. The van der Waals surface area contributed by atoms with E-state index in [4.69, 9.17) is 22.9 Å². The molecule has 13 nitrogen and oxygen atoms in total. The lowest BCUT2D eigenvalue weighted by Gasteiger charge is -2.25. The third-order valence-electron chi connectivity index (χ3n) is 5.35. The Kier molecular flexibility index (Phi) is 19.5. The highest BCUT2D eigenvalue weighted by Gasteiger charge is 2.29. The number of carboxylic acid groups (broad SMARTS) is 1. The lowest BCUT2D eigenvalue weighted by molar-refractivity contribution is -0.142. The quantitative estimate of drug-likeness (QED) is 0.0455. The predicted octanol–water partition coefficient (Wildman–Crippen LogP) is -1.46. The van der Waals surface area contributed by atoms with Crippen molar-refractivity contribution in [1.82, 2.24) is 16.0 Å². The Morgan fingerprint density at radius 3 is 1.81 bits per heavy atom. The Morgan fingerprint density at radius 2 is 1.30 bits per heavy atom. The first-order valence-electron chi connectivity index (χ1n) is 12.2. The molecule has 4 atom stereocenters. The number of carbonyl (C=O) groups is 4. The van der Waals surface area contributed by atoms with E-state index < -0.39 is 47.9 Å². The van der Waals surface area contributed by atoms with Gasteiger partial charge >= 0.3 is 5.97 Å². The fourth-order valence-electron chi connectivity index (χ4n) is 3.23. The van der Waals surface area contributed by atoms with Gasteiger partial charge < -0.3 is 44.0 Å². The average molecular weight is 565 g/mol. The molecule has 0 rings (SSSR count). The second kappa shape index (κ2) is 20.8. The van der Waals surface area contributed by atoms with Crippen molar-refractivity contribution in [3.8, 4) is 0 Å². The van der Waals surface area contributed by atoms with Crippen LogP contribution in [-0.2, 0) is 19.2 Å². The average Bonchev–Trinajstić information content (AvgIpc) is 2.85. The van der Waals surface area contributed by atoms with Crippen LogP contribution in [0.15, 0.2) is 4.99 Å². The third-order valence-corrected chi connectivity index (χ3v) is 6.64. The van der Waals surface area contributed by atoms with Crippen LogP contribution in [0.25, 0.3) is 0 Å². The molecular weight excluding hydrogens is 520 g/mol. The van der Waals surface area contributed by atoms with Crippen LogP contribution < -0.4 is 38.9 Å². The lowest BCUT2D eigenvalue weighted by Crippen LogP contribution is -2.57. The smallest absolute Gasteiger partial charge is 0.326 e. The summed E-state index contributed by atoms with van der Waals surface area (Å²) in [6.07, 6.45) is 6.57. The van der Waals surface area contributed by atoms with Crippen molar-refractivity contribution >= 4 is 53.2 Å². The number of carbonyl (C=O) groups excluding carboxylic acids is 3. The molecule has 0 aromatic heterocycles. The molecule has 0 heterocycles. The van der Waals surface area contributed by atoms with Crippen LogP contribution >= 0.6 is 23.5 Å². The van der Waals surface area contributed by atoms with Crippen molar-refractivity contribution in [2.75, 3.05) is 37.1 Å². The van der Waals surface area contributed by atoms with Gasteiger partial charge in [0.25, 0.3) is 0 Å². The summed E-state index contributed by atoms with van der Waals surface area (Å²) in [6, 6.07) is -3.83. The highest BCUT2D eigenvalue weighted by molar-refractivity contribution is 7.98. The lowest BCUT2D eigenvalue weighted by atomic mass is 10.1. The molecular formula is C22H44N8O5S2. The van der Waals surface area contributed by atoms with E-state index in [0.717, 1.165) is 0 Å². The van der Waals surface area contributed by atoms with E-state index in [1.807, 2.05) is 12.5 Å². The van der Waals surface area contributed by atoms with Gasteiger partial charge in [-0.3, -0.25) is 19.4 Å². The summed E-state index contributed by atoms with van der Waals surface area (Å²) in [7, 11) is 0. The zero-order valence-corrected chi connectivity index (χ0v) is 23.4. The molecule has 0 saturated carbocycles. The van der Waals surface area contributed by atoms with Crippen LogP contribution in [0.5, 0.6) is 0 Å². The number of thioether (sulfide) groups is 2. The van der Waals surface area contributed by atoms with Gasteiger partial charge in [0.05, 0.1) is 6.04 Å². The highest BCUT2D eigenvalue weighted by Crippen LogP contribution is 2.08. The van der Waals surface area contributed by atoms with E-state index >= 15 is 0 Å². The first-order chi connectivity index (χ1) is 17.6. The predicted molar refractivity (Wildman–Crippen MR) is 150 cm³/mol. The molecule has 0 radical (unpaired) electrons. The van der Waals surface area contributed by atoms with Crippen LogP contribution in [0.3, 0.4) is 0 Å². The van der Waals surface area contributed by atoms with Crippen molar-refractivity contribution < 1.29 is 24.3 Å². The van der Waals surface area contributed by atoms with Gasteiger partial charge in [-0.05, 0) is 75.5 Å². The molecule has 0 aromatic rings. The van der Waals surface area contributed by atoms with E-state index in [2.05, 4.69) is 20.9 Å². The molecule has 12 N–H and O–H groups in total. The third kappa shape index (κ3) is 16.3. The van der Waals surface area contributed by atoms with Crippen LogP contribution in [0, 0.1) is 0 Å². The number of carboxylic acids is 1. The molecule has 0 aliphatic heterocycles. The molecule has 0 fully saturated rings. The van der Waals surface area contributed by atoms with Crippen molar-refractivity contribution in [2.24, 2.45) is 27.9 Å². The van der Waals surface area contributed by atoms with Gasteiger partial charge in [-0.15, -0.1) is 0 Å². The summed E-state index contributed by atoms with van der Waals surface area (Å²) in [5, 5.41) is 17.3. The molecule has 0 aromatic carbocycles. The number of nitrogens with one attached hydrogen (secondary N) is 3. The van der Waals surface area contributed by atoms with Crippen LogP contribution in [0.1, 0.15) is 44.9 Å². The minimum Gasteiger partial charge on any atom is -0.480 e. The maximum Gasteiger partial charge on any atom is 0.326 e. The number of hydrogen-bond acceptors (Lipinski definition) is 9. The van der Waals surface area contributed by atoms with E-state index in [9.17, 15) is 24.3 Å². The van der Waals surface area contributed by atoms with Gasteiger partial charge in [0.2, 0.25) is 17.7 Å². The Bertz CT molecular complexity index is 740. The summed E-state index contributed by atoms with van der Waals surface area (Å²) < 4.78 is 0. The van der Waals surface area contributed by atoms with Gasteiger partial charge in [0.1, 0.15) is 18.1 Å². The maximum atomic E-state index is 13.2. The summed E-state index contributed by atoms with van der Waals surface area (Å²) in [6.45, 7) is 0.752. The standard InChI is InChI=1S/C22H44N8O5S2/c1-36-12-8-16(20(33)30-17(21(34)35)9-13-37-2)29-19(32)15(7-3-4-10-23)28-18(31)14(24)6-5-11-27-22(25)26/h14-17H,3-13,23-24H2,1-2H3,(H,28,31)(H,29,32)(H,30,33)(H,34,35)(H4,25,26,27). The molecule has 0 spiro atoms. The second-order valence-corrected chi connectivity index (χ2v) is 10.4. The Morgan fingerprint density at radius 1 is 0.784 bits per heavy atom. The SMILES string of the molecule is CSCCC(NC(=O)C(CCSC)NC(=O)C(CCCCN)NC(=O)C(N)CCCN=C(N)N)C(=O)O. The summed E-state index contributed by atoms with van der Waals surface area (Å²) in [5.41, 5.74) is 22.1. The van der Waals surface area contributed by atoms with Crippen molar-refractivity contribution in [3.63, 3.8) is 0 Å². The summed E-state index contributed by atoms with van der Waals surface area (Å²) >= 11 is 2.96. The summed E-state index contributed by atoms with van der Waals surface area (Å²) in [5.74, 6) is -1.71. The van der Waals surface area contributed by atoms with E-state index in [1.54, 1.807) is 0 Å². The van der Waals surface area contributed by atoms with Crippen LogP contribution in [0.2, 0.25) is 0 Å². The van der Waals surface area contributed by atoms with Crippen molar-refractivity contribution in [1.29, 1.82) is 0 Å². The molecule has 4 unspecified atom stereocenters. The number of unbranched alkanes of at least 4 members (excludes halogenated alkanes) is 1. The van der Waals surface area contributed by atoms with Gasteiger partial charge in [0, 0.05) is 6.54 Å².